The minimum atomic E-state index is -0.544. The van der Waals surface area contributed by atoms with Crippen molar-refractivity contribution in [2.24, 2.45) is 0 Å². The van der Waals surface area contributed by atoms with Crippen LogP contribution in [0.1, 0.15) is 36.7 Å². The summed E-state index contributed by atoms with van der Waals surface area (Å²) in [7, 11) is 0. The molecule has 1 aromatic carbocycles. The maximum absolute atomic E-state index is 14.1. The van der Waals surface area contributed by atoms with E-state index >= 15 is 0 Å². The van der Waals surface area contributed by atoms with E-state index in [-0.39, 0.29) is 28.1 Å². The lowest BCUT2D eigenvalue weighted by Crippen LogP contribution is -2.61. The van der Waals surface area contributed by atoms with E-state index in [2.05, 4.69) is 15.9 Å². The third kappa shape index (κ3) is 2.94. The molecule has 0 aromatic heterocycles. The molecule has 1 fully saturated rings. The first kappa shape index (κ1) is 16.2. The van der Waals surface area contributed by atoms with Crippen molar-refractivity contribution in [1.82, 2.24) is 9.80 Å². The molecule has 124 valence electrons. The van der Waals surface area contributed by atoms with Gasteiger partial charge in [0.15, 0.2) is 0 Å². The Balaban J connectivity index is 1.65. The minimum Gasteiger partial charge on any atom is -0.444 e. The van der Waals surface area contributed by atoms with Crippen LogP contribution in [0.25, 0.3) is 0 Å². The van der Waals surface area contributed by atoms with Gasteiger partial charge in [0.1, 0.15) is 11.4 Å². The molecule has 0 atom stereocenters. The first-order chi connectivity index (χ1) is 10.7. The Labute approximate surface area is 142 Å². The smallest absolute Gasteiger partial charge is 0.410 e. The van der Waals surface area contributed by atoms with Gasteiger partial charge in [-0.3, -0.25) is 4.79 Å². The number of hydrogen-bond donors (Lipinski definition) is 0. The average Bonchev–Trinajstić information content (AvgIpc) is 2.68. The number of rotatable bonds is 1. The predicted octanol–water partition coefficient (Wildman–Crippen LogP) is 3.16. The zero-order valence-electron chi connectivity index (χ0n) is 13.2. The first-order valence-electron chi connectivity index (χ1n) is 7.43. The summed E-state index contributed by atoms with van der Waals surface area (Å²) in [6, 6.07) is 3.27. The normalized spacial score (nSPS) is 18.0. The number of benzene rings is 1. The molecule has 23 heavy (non-hydrogen) atoms. The lowest BCUT2D eigenvalue weighted by Gasteiger charge is -2.43. The third-order valence-electron chi connectivity index (χ3n) is 3.95. The van der Waals surface area contributed by atoms with Crippen LogP contribution in [0.5, 0.6) is 0 Å². The standard InChI is InChI=1S/C16H18BrFN2O3/c1-16(2,3)23-15(22)19-7-10(8-19)20-6-9-4-5-11(17)13(18)12(9)14(20)21/h4-5,10H,6-8H2,1-3H3. The number of likely N-dealkylation sites (tertiary alicyclic amines) is 1. The van der Waals surface area contributed by atoms with E-state index < -0.39 is 11.4 Å². The molecule has 0 saturated carbocycles. The summed E-state index contributed by atoms with van der Waals surface area (Å²) in [4.78, 5) is 27.6. The second-order valence-corrected chi connectivity index (χ2v) is 7.72. The first-order valence-corrected chi connectivity index (χ1v) is 8.22. The van der Waals surface area contributed by atoms with E-state index in [1.165, 1.54) is 0 Å². The Bertz CT molecular complexity index is 681. The molecule has 1 saturated heterocycles. The SMILES string of the molecule is CC(C)(C)OC(=O)N1CC(N2Cc3ccc(Br)c(F)c3C2=O)C1. The molecule has 1 aromatic rings. The zero-order chi connectivity index (χ0) is 16.9. The van der Waals surface area contributed by atoms with Crippen molar-refractivity contribution >= 4 is 27.9 Å². The van der Waals surface area contributed by atoms with E-state index in [0.29, 0.717) is 25.2 Å². The Morgan fingerprint density at radius 3 is 2.61 bits per heavy atom. The number of ether oxygens (including phenoxy) is 1. The summed E-state index contributed by atoms with van der Waals surface area (Å²) in [5.74, 6) is -0.828. The quantitative estimate of drug-likeness (QED) is 0.746. The fourth-order valence-electron chi connectivity index (χ4n) is 2.78. The molecule has 3 rings (SSSR count). The highest BCUT2D eigenvalue weighted by Gasteiger charge is 2.43. The zero-order valence-corrected chi connectivity index (χ0v) is 14.8. The van der Waals surface area contributed by atoms with Crippen LogP contribution in [0.4, 0.5) is 9.18 Å². The summed E-state index contributed by atoms with van der Waals surface area (Å²) in [5.41, 5.74) is 0.276. The third-order valence-corrected chi connectivity index (χ3v) is 4.56. The topological polar surface area (TPSA) is 49.9 Å². The highest BCUT2D eigenvalue weighted by Crippen LogP contribution is 2.32. The van der Waals surface area contributed by atoms with Crippen LogP contribution in [0.3, 0.4) is 0 Å². The van der Waals surface area contributed by atoms with Gasteiger partial charge in [0.25, 0.3) is 5.91 Å². The van der Waals surface area contributed by atoms with Crippen LogP contribution >= 0.6 is 15.9 Å². The fourth-order valence-corrected chi connectivity index (χ4v) is 3.11. The molecular weight excluding hydrogens is 367 g/mol. The molecule has 0 spiro atoms. The molecule has 0 bridgehead atoms. The molecule has 0 radical (unpaired) electrons. The maximum atomic E-state index is 14.1. The number of halogens is 2. The average molecular weight is 385 g/mol. The van der Waals surface area contributed by atoms with Gasteiger partial charge in [-0.1, -0.05) is 6.07 Å². The van der Waals surface area contributed by atoms with Crippen molar-refractivity contribution in [1.29, 1.82) is 0 Å². The highest BCUT2D eigenvalue weighted by atomic mass is 79.9. The molecule has 2 aliphatic heterocycles. The van der Waals surface area contributed by atoms with Gasteiger partial charge in [0.05, 0.1) is 16.1 Å². The van der Waals surface area contributed by atoms with E-state index in [0.717, 1.165) is 0 Å². The number of amides is 2. The Morgan fingerprint density at radius 2 is 2.00 bits per heavy atom. The van der Waals surface area contributed by atoms with Crippen LogP contribution in [0.15, 0.2) is 16.6 Å². The summed E-state index contributed by atoms with van der Waals surface area (Å²) in [6.45, 7) is 6.64. The summed E-state index contributed by atoms with van der Waals surface area (Å²) < 4.78 is 19.7. The van der Waals surface area contributed by atoms with Gasteiger partial charge in [0, 0.05) is 19.6 Å². The van der Waals surface area contributed by atoms with Crippen molar-refractivity contribution < 1.29 is 18.7 Å². The number of nitrogens with zero attached hydrogens (tertiary/aromatic N) is 2. The van der Waals surface area contributed by atoms with Crippen molar-refractivity contribution in [3.05, 3.63) is 33.5 Å². The lowest BCUT2D eigenvalue weighted by atomic mass is 10.1. The van der Waals surface area contributed by atoms with E-state index in [1.807, 2.05) is 20.8 Å². The largest absolute Gasteiger partial charge is 0.444 e. The number of hydrogen-bond acceptors (Lipinski definition) is 3. The molecule has 0 aliphatic carbocycles. The summed E-state index contributed by atoms with van der Waals surface area (Å²) >= 11 is 3.11. The molecule has 0 N–H and O–H groups in total. The van der Waals surface area contributed by atoms with Crippen LogP contribution in [0, 0.1) is 5.82 Å². The number of carbonyl (C=O) groups excluding carboxylic acids is 2. The molecular formula is C16H18BrFN2O3. The van der Waals surface area contributed by atoms with E-state index in [9.17, 15) is 14.0 Å². The summed E-state index contributed by atoms with van der Waals surface area (Å²) in [5, 5.41) is 0. The number of carbonyl (C=O) groups is 2. The van der Waals surface area contributed by atoms with Gasteiger partial charge < -0.3 is 14.5 Å². The summed E-state index contributed by atoms with van der Waals surface area (Å²) in [6.07, 6.45) is -0.383. The lowest BCUT2D eigenvalue weighted by molar-refractivity contribution is -0.0125. The molecule has 0 unspecified atom stereocenters. The second-order valence-electron chi connectivity index (χ2n) is 6.87. The fraction of sp³-hybridized carbons (Fsp3) is 0.500. The van der Waals surface area contributed by atoms with Gasteiger partial charge in [-0.2, -0.15) is 0 Å². The maximum Gasteiger partial charge on any atom is 0.410 e. The second kappa shape index (κ2) is 5.47. The predicted molar refractivity (Wildman–Crippen MR) is 85.6 cm³/mol. The molecule has 2 aliphatic rings. The van der Waals surface area contributed by atoms with Crippen molar-refractivity contribution in [3.8, 4) is 0 Å². The minimum absolute atomic E-state index is 0.0967. The van der Waals surface area contributed by atoms with Crippen molar-refractivity contribution in [2.75, 3.05) is 13.1 Å². The molecule has 2 amide bonds. The van der Waals surface area contributed by atoms with Crippen LogP contribution in [0.2, 0.25) is 0 Å². The Morgan fingerprint density at radius 1 is 1.35 bits per heavy atom. The van der Waals surface area contributed by atoms with Gasteiger partial charge in [-0.05, 0) is 48.3 Å². The molecule has 5 nitrogen and oxygen atoms in total. The monoisotopic (exact) mass is 384 g/mol. The highest BCUT2D eigenvalue weighted by molar-refractivity contribution is 9.10. The van der Waals surface area contributed by atoms with Crippen LogP contribution in [-0.4, -0.2) is 46.5 Å². The number of fused-ring (bicyclic) bond motifs is 1. The van der Waals surface area contributed by atoms with E-state index in [4.69, 9.17) is 4.74 Å². The van der Waals surface area contributed by atoms with E-state index in [1.54, 1.807) is 21.9 Å². The van der Waals surface area contributed by atoms with Crippen molar-refractivity contribution in [2.45, 2.75) is 39.0 Å². The van der Waals surface area contributed by atoms with Gasteiger partial charge in [-0.15, -0.1) is 0 Å². The van der Waals surface area contributed by atoms with Crippen molar-refractivity contribution in [3.63, 3.8) is 0 Å². The van der Waals surface area contributed by atoms with Gasteiger partial charge in [0.2, 0.25) is 0 Å². The van der Waals surface area contributed by atoms with Gasteiger partial charge in [-0.25, -0.2) is 9.18 Å². The molecule has 7 heteroatoms. The van der Waals surface area contributed by atoms with Crippen LogP contribution in [-0.2, 0) is 11.3 Å². The molecule has 2 heterocycles. The van der Waals surface area contributed by atoms with Gasteiger partial charge >= 0.3 is 6.09 Å². The van der Waals surface area contributed by atoms with Crippen LogP contribution < -0.4 is 0 Å². The Hall–Kier alpha value is -1.63. The Kier molecular flexibility index (Phi) is 3.86.